The summed E-state index contributed by atoms with van der Waals surface area (Å²) in [6.07, 6.45) is 2.28. The monoisotopic (exact) mass is 156 g/mol. The van der Waals surface area contributed by atoms with Gasteiger partial charge in [0.2, 0.25) is 5.91 Å². The molecule has 0 radical (unpaired) electrons. The van der Waals surface area contributed by atoms with E-state index < -0.39 is 0 Å². The second-order valence-electron chi connectivity index (χ2n) is 3.17. The minimum atomic E-state index is 0.279. The fourth-order valence-corrected chi connectivity index (χ4v) is 1.30. The Bertz CT molecular complexity index is 147. The summed E-state index contributed by atoms with van der Waals surface area (Å²) >= 11 is 0. The summed E-state index contributed by atoms with van der Waals surface area (Å²) in [4.78, 5) is 15.1. The minimum absolute atomic E-state index is 0.279. The molecule has 11 heavy (non-hydrogen) atoms. The Morgan fingerprint density at radius 3 is 2.73 bits per heavy atom. The van der Waals surface area contributed by atoms with E-state index in [4.69, 9.17) is 0 Å². The molecule has 64 valence electrons. The third-order valence-electron chi connectivity index (χ3n) is 1.95. The van der Waals surface area contributed by atoms with Gasteiger partial charge >= 0.3 is 0 Å². The Labute approximate surface area is 68.0 Å². The first-order chi connectivity index (χ1) is 5.24. The van der Waals surface area contributed by atoms with Crippen molar-refractivity contribution in [3.8, 4) is 0 Å². The van der Waals surface area contributed by atoms with Crippen LogP contribution in [0, 0.1) is 0 Å². The molecule has 3 heteroatoms. The average molecular weight is 156 g/mol. The summed E-state index contributed by atoms with van der Waals surface area (Å²) in [5.74, 6) is 0.279. The molecule has 0 unspecified atom stereocenters. The van der Waals surface area contributed by atoms with Crippen molar-refractivity contribution in [2.75, 3.05) is 26.8 Å². The Hall–Kier alpha value is -0.570. The van der Waals surface area contributed by atoms with Gasteiger partial charge in [-0.1, -0.05) is 13.3 Å². The van der Waals surface area contributed by atoms with E-state index in [0.717, 1.165) is 26.1 Å². The van der Waals surface area contributed by atoms with Gasteiger partial charge in [0, 0.05) is 6.54 Å². The van der Waals surface area contributed by atoms with Crippen LogP contribution in [0.3, 0.4) is 0 Å². The van der Waals surface area contributed by atoms with Crippen LogP contribution in [-0.2, 0) is 4.79 Å². The number of rotatable bonds is 3. The highest BCUT2D eigenvalue weighted by molar-refractivity contribution is 5.79. The Balaban J connectivity index is 2.29. The Morgan fingerprint density at radius 2 is 2.27 bits per heavy atom. The minimum Gasteiger partial charge on any atom is -0.329 e. The molecule has 1 heterocycles. The molecule has 0 aliphatic carbocycles. The van der Waals surface area contributed by atoms with Gasteiger partial charge in [-0.15, -0.1) is 0 Å². The zero-order valence-electron chi connectivity index (χ0n) is 7.34. The molecule has 3 nitrogen and oxygen atoms in total. The second-order valence-corrected chi connectivity index (χ2v) is 3.17. The maximum Gasteiger partial charge on any atom is 0.237 e. The molecule has 1 aliphatic rings. The smallest absolute Gasteiger partial charge is 0.237 e. The van der Waals surface area contributed by atoms with Crippen molar-refractivity contribution in [2.45, 2.75) is 19.8 Å². The highest BCUT2D eigenvalue weighted by Crippen LogP contribution is 2.04. The lowest BCUT2D eigenvalue weighted by Crippen LogP contribution is -2.27. The molecule has 0 atom stereocenters. The van der Waals surface area contributed by atoms with Gasteiger partial charge in [0.25, 0.3) is 0 Å². The molecule has 1 amide bonds. The van der Waals surface area contributed by atoms with E-state index in [0.29, 0.717) is 6.54 Å². The van der Waals surface area contributed by atoms with Crippen LogP contribution < -0.4 is 0 Å². The normalized spacial score (nSPS) is 19.8. The van der Waals surface area contributed by atoms with Gasteiger partial charge in [-0.05, 0) is 13.5 Å². The third-order valence-corrected chi connectivity index (χ3v) is 1.95. The predicted octanol–water partition coefficient (Wildman–Crippen LogP) is 0.518. The van der Waals surface area contributed by atoms with Gasteiger partial charge in [0.1, 0.15) is 0 Å². The van der Waals surface area contributed by atoms with Gasteiger partial charge < -0.3 is 4.90 Å². The van der Waals surface area contributed by atoms with Crippen molar-refractivity contribution in [2.24, 2.45) is 0 Å². The summed E-state index contributed by atoms with van der Waals surface area (Å²) in [6.45, 7) is 4.49. The largest absolute Gasteiger partial charge is 0.329 e. The number of likely N-dealkylation sites (N-methyl/N-ethyl adjacent to an activating group) is 1. The van der Waals surface area contributed by atoms with Crippen molar-refractivity contribution in [3.63, 3.8) is 0 Å². The SMILES string of the molecule is CCCCN1CN(C)CC1=O. The first-order valence-corrected chi connectivity index (χ1v) is 4.20. The number of hydrogen-bond donors (Lipinski definition) is 0. The molecular weight excluding hydrogens is 140 g/mol. The summed E-state index contributed by atoms with van der Waals surface area (Å²) in [5, 5.41) is 0. The summed E-state index contributed by atoms with van der Waals surface area (Å²) in [6, 6.07) is 0. The van der Waals surface area contributed by atoms with Gasteiger partial charge in [-0.3, -0.25) is 9.69 Å². The topological polar surface area (TPSA) is 23.6 Å². The number of carbonyl (C=O) groups excluding carboxylic acids is 1. The van der Waals surface area contributed by atoms with Gasteiger partial charge in [-0.25, -0.2) is 0 Å². The van der Waals surface area contributed by atoms with Crippen LogP contribution in [0.2, 0.25) is 0 Å². The van der Waals surface area contributed by atoms with Crippen molar-refractivity contribution >= 4 is 5.91 Å². The molecule has 1 aliphatic heterocycles. The maximum absolute atomic E-state index is 11.2. The molecule has 1 fully saturated rings. The first kappa shape index (κ1) is 8.53. The van der Waals surface area contributed by atoms with Crippen LogP contribution in [-0.4, -0.2) is 42.5 Å². The summed E-state index contributed by atoms with van der Waals surface area (Å²) < 4.78 is 0. The highest BCUT2D eigenvalue weighted by atomic mass is 16.2. The molecule has 0 bridgehead atoms. The standard InChI is InChI=1S/C8H16N2O/c1-3-4-5-10-7-9(2)6-8(10)11/h3-7H2,1-2H3. The molecular formula is C8H16N2O. The number of carbonyl (C=O) groups is 1. The Kier molecular flexibility index (Phi) is 2.88. The fraction of sp³-hybridized carbons (Fsp3) is 0.875. The van der Waals surface area contributed by atoms with E-state index in [1.807, 2.05) is 16.8 Å². The lowest BCUT2D eigenvalue weighted by molar-refractivity contribution is -0.126. The molecule has 0 spiro atoms. The summed E-state index contributed by atoms with van der Waals surface area (Å²) in [7, 11) is 1.98. The number of unbranched alkanes of at least 4 members (excludes halogenated alkanes) is 1. The molecule has 0 aromatic carbocycles. The molecule has 1 saturated heterocycles. The van der Waals surface area contributed by atoms with Crippen molar-refractivity contribution < 1.29 is 4.79 Å². The van der Waals surface area contributed by atoms with Crippen molar-refractivity contribution in [1.82, 2.24) is 9.80 Å². The van der Waals surface area contributed by atoms with Crippen LogP contribution >= 0.6 is 0 Å². The average Bonchev–Trinajstić information content (AvgIpc) is 2.26. The number of hydrogen-bond acceptors (Lipinski definition) is 2. The molecule has 0 aromatic heterocycles. The van der Waals surface area contributed by atoms with Gasteiger partial charge in [0.15, 0.2) is 0 Å². The highest BCUT2D eigenvalue weighted by Gasteiger charge is 2.23. The maximum atomic E-state index is 11.2. The molecule has 0 aromatic rings. The number of nitrogens with zero attached hydrogens (tertiary/aromatic N) is 2. The van der Waals surface area contributed by atoms with E-state index in [9.17, 15) is 4.79 Å². The third kappa shape index (κ3) is 2.19. The number of amides is 1. The van der Waals surface area contributed by atoms with Gasteiger partial charge in [-0.2, -0.15) is 0 Å². The van der Waals surface area contributed by atoms with E-state index in [-0.39, 0.29) is 5.91 Å². The lowest BCUT2D eigenvalue weighted by atomic mass is 10.3. The van der Waals surface area contributed by atoms with E-state index >= 15 is 0 Å². The van der Waals surface area contributed by atoms with Crippen LogP contribution in [0.1, 0.15) is 19.8 Å². The van der Waals surface area contributed by atoms with E-state index in [2.05, 4.69) is 6.92 Å². The summed E-state index contributed by atoms with van der Waals surface area (Å²) in [5.41, 5.74) is 0. The van der Waals surface area contributed by atoms with E-state index in [1.165, 1.54) is 0 Å². The van der Waals surface area contributed by atoms with Crippen molar-refractivity contribution in [3.05, 3.63) is 0 Å². The zero-order valence-corrected chi connectivity index (χ0v) is 7.34. The van der Waals surface area contributed by atoms with Crippen LogP contribution in [0.25, 0.3) is 0 Å². The second kappa shape index (κ2) is 3.72. The quantitative estimate of drug-likeness (QED) is 0.594. The van der Waals surface area contributed by atoms with Crippen molar-refractivity contribution in [1.29, 1.82) is 0 Å². The molecule has 0 saturated carbocycles. The van der Waals surface area contributed by atoms with Crippen LogP contribution in [0.5, 0.6) is 0 Å². The van der Waals surface area contributed by atoms with Gasteiger partial charge in [0.05, 0.1) is 13.2 Å². The Morgan fingerprint density at radius 1 is 1.55 bits per heavy atom. The molecule has 0 N–H and O–H groups in total. The molecule has 1 rings (SSSR count). The van der Waals surface area contributed by atoms with Crippen LogP contribution in [0.15, 0.2) is 0 Å². The first-order valence-electron chi connectivity index (χ1n) is 4.20. The predicted molar refractivity (Wildman–Crippen MR) is 44.1 cm³/mol. The lowest BCUT2D eigenvalue weighted by Gasteiger charge is -2.14. The van der Waals surface area contributed by atoms with E-state index in [1.54, 1.807) is 0 Å². The zero-order chi connectivity index (χ0) is 8.27. The van der Waals surface area contributed by atoms with Crippen LogP contribution in [0.4, 0.5) is 0 Å². The fourth-order valence-electron chi connectivity index (χ4n) is 1.30.